The molecular formula is C17H19F2N. The molecule has 2 aromatic rings. The molecule has 0 spiro atoms. The summed E-state index contributed by atoms with van der Waals surface area (Å²) in [4.78, 5) is 0. The van der Waals surface area contributed by atoms with Gasteiger partial charge in [0.15, 0.2) is 11.6 Å². The van der Waals surface area contributed by atoms with Crippen LogP contribution in [0.4, 0.5) is 8.78 Å². The fourth-order valence-corrected chi connectivity index (χ4v) is 2.27. The van der Waals surface area contributed by atoms with Gasteiger partial charge in [0.1, 0.15) is 0 Å². The highest BCUT2D eigenvalue weighted by atomic mass is 19.2. The lowest BCUT2D eigenvalue weighted by atomic mass is 9.95. The van der Waals surface area contributed by atoms with Gasteiger partial charge in [-0.2, -0.15) is 0 Å². The molecule has 2 aromatic carbocycles. The maximum atomic E-state index is 13.4. The van der Waals surface area contributed by atoms with Crippen molar-refractivity contribution in [2.24, 2.45) is 0 Å². The van der Waals surface area contributed by atoms with Crippen LogP contribution >= 0.6 is 0 Å². The van der Waals surface area contributed by atoms with Crippen molar-refractivity contribution in [3.05, 3.63) is 70.3 Å². The normalized spacial score (nSPS) is 12.4. The second-order valence-electron chi connectivity index (χ2n) is 5.01. The molecule has 0 fully saturated rings. The number of halogens is 2. The van der Waals surface area contributed by atoms with E-state index in [2.05, 4.69) is 24.4 Å². The molecule has 1 atom stereocenters. The van der Waals surface area contributed by atoms with E-state index < -0.39 is 11.6 Å². The molecule has 1 unspecified atom stereocenters. The van der Waals surface area contributed by atoms with Crippen molar-refractivity contribution in [2.45, 2.75) is 26.8 Å². The van der Waals surface area contributed by atoms with Crippen LogP contribution in [0.2, 0.25) is 0 Å². The summed E-state index contributed by atoms with van der Waals surface area (Å²) in [6.45, 7) is 6.84. The van der Waals surface area contributed by atoms with Crippen LogP contribution in [-0.2, 0) is 0 Å². The molecule has 1 N–H and O–H groups in total. The first-order valence-electron chi connectivity index (χ1n) is 6.78. The van der Waals surface area contributed by atoms with Crippen LogP contribution in [0.25, 0.3) is 0 Å². The first-order chi connectivity index (χ1) is 9.52. The van der Waals surface area contributed by atoms with Crippen molar-refractivity contribution >= 4 is 0 Å². The van der Waals surface area contributed by atoms with Crippen LogP contribution in [0.5, 0.6) is 0 Å². The van der Waals surface area contributed by atoms with E-state index in [0.717, 1.165) is 17.7 Å². The SMILES string of the molecule is CCNC(c1ccc(C)c(C)c1)c1ccc(F)c(F)c1. The van der Waals surface area contributed by atoms with E-state index >= 15 is 0 Å². The van der Waals surface area contributed by atoms with E-state index in [1.54, 1.807) is 6.07 Å². The largest absolute Gasteiger partial charge is 0.307 e. The first kappa shape index (κ1) is 14.7. The summed E-state index contributed by atoms with van der Waals surface area (Å²) in [6.07, 6.45) is 0. The van der Waals surface area contributed by atoms with E-state index in [0.29, 0.717) is 0 Å². The number of hydrogen-bond acceptors (Lipinski definition) is 1. The van der Waals surface area contributed by atoms with E-state index in [4.69, 9.17) is 0 Å². The van der Waals surface area contributed by atoms with Gasteiger partial charge in [0.05, 0.1) is 6.04 Å². The van der Waals surface area contributed by atoms with Gasteiger partial charge in [0, 0.05) is 0 Å². The summed E-state index contributed by atoms with van der Waals surface area (Å²) in [5.41, 5.74) is 4.19. The first-order valence-corrected chi connectivity index (χ1v) is 6.78. The zero-order chi connectivity index (χ0) is 14.7. The van der Waals surface area contributed by atoms with E-state index in [1.807, 2.05) is 19.9 Å². The second-order valence-corrected chi connectivity index (χ2v) is 5.01. The third-order valence-electron chi connectivity index (χ3n) is 3.55. The predicted molar refractivity (Wildman–Crippen MR) is 77.8 cm³/mol. The Balaban J connectivity index is 2.44. The van der Waals surface area contributed by atoms with Gasteiger partial charge in [-0.25, -0.2) is 8.78 Å². The summed E-state index contributed by atoms with van der Waals surface area (Å²) in [7, 11) is 0. The third-order valence-corrected chi connectivity index (χ3v) is 3.55. The molecule has 106 valence electrons. The molecule has 3 heteroatoms. The lowest BCUT2D eigenvalue weighted by Gasteiger charge is -2.20. The fraction of sp³-hybridized carbons (Fsp3) is 0.294. The Hall–Kier alpha value is -1.74. The Morgan fingerprint density at radius 1 is 0.900 bits per heavy atom. The molecule has 0 saturated carbocycles. The summed E-state index contributed by atoms with van der Waals surface area (Å²) in [6, 6.07) is 10.1. The Bertz CT molecular complexity index is 556. The van der Waals surface area contributed by atoms with Crippen LogP contribution in [-0.4, -0.2) is 6.54 Å². The van der Waals surface area contributed by atoms with Crippen molar-refractivity contribution in [2.75, 3.05) is 6.54 Å². The number of aryl methyl sites for hydroxylation is 2. The molecule has 0 aliphatic rings. The summed E-state index contributed by atoms with van der Waals surface area (Å²) >= 11 is 0. The maximum absolute atomic E-state index is 13.4. The highest BCUT2D eigenvalue weighted by molar-refractivity contribution is 5.37. The highest BCUT2D eigenvalue weighted by Crippen LogP contribution is 2.25. The van der Waals surface area contributed by atoms with Gasteiger partial charge in [0.25, 0.3) is 0 Å². The Morgan fingerprint density at radius 3 is 2.15 bits per heavy atom. The molecule has 0 aliphatic carbocycles. The molecule has 0 radical (unpaired) electrons. The number of rotatable bonds is 4. The topological polar surface area (TPSA) is 12.0 Å². The van der Waals surface area contributed by atoms with Crippen molar-refractivity contribution in [3.63, 3.8) is 0 Å². The lowest BCUT2D eigenvalue weighted by Crippen LogP contribution is -2.22. The molecule has 0 bridgehead atoms. The molecule has 1 nitrogen and oxygen atoms in total. The zero-order valence-electron chi connectivity index (χ0n) is 12.0. The summed E-state index contributed by atoms with van der Waals surface area (Å²) in [5, 5.41) is 3.32. The van der Waals surface area contributed by atoms with Gasteiger partial charge < -0.3 is 5.32 Å². The van der Waals surface area contributed by atoms with Crippen LogP contribution in [0, 0.1) is 25.5 Å². The van der Waals surface area contributed by atoms with Gasteiger partial charge in [-0.05, 0) is 54.8 Å². The van der Waals surface area contributed by atoms with E-state index in [-0.39, 0.29) is 6.04 Å². The average Bonchev–Trinajstić information content (AvgIpc) is 2.43. The molecular weight excluding hydrogens is 256 g/mol. The third kappa shape index (κ3) is 3.05. The minimum absolute atomic E-state index is 0.130. The Kier molecular flexibility index (Phi) is 4.50. The second kappa shape index (κ2) is 6.14. The number of hydrogen-bond donors (Lipinski definition) is 1. The maximum Gasteiger partial charge on any atom is 0.159 e. The summed E-state index contributed by atoms with van der Waals surface area (Å²) < 4.78 is 26.5. The number of nitrogens with one attached hydrogen (secondary N) is 1. The van der Waals surface area contributed by atoms with E-state index in [1.165, 1.54) is 23.3 Å². The van der Waals surface area contributed by atoms with Gasteiger partial charge >= 0.3 is 0 Å². The van der Waals surface area contributed by atoms with Crippen LogP contribution < -0.4 is 5.32 Å². The summed E-state index contributed by atoms with van der Waals surface area (Å²) in [5.74, 6) is -1.63. The molecule has 0 heterocycles. The highest BCUT2D eigenvalue weighted by Gasteiger charge is 2.15. The molecule has 0 aliphatic heterocycles. The quantitative estimate of drug-likeness (QED) is 0.878. The van der Waals surface area contributed by atoms with Crippen LogP contribution in [0.15, 0.2) is 36.4 Å². The molecule has 0 saturated heterocycles. The standard InChI is InChI=1S/C17H19F2N/c1-4-20-17(13-6-5-11(2)12(3)9-13)14-7-8-15(18)16(19)10-14/h5-10,17,20H,4H2,1-3H3. The molecule has 20 heavy (non-hydrogen) atoms. The minimum atomic E-state index is -0.816. The van der Waals surface area contributed by atoms with Crippen LogP contribution in [0.1, 0.15) is 35.2 Å². The van der Waals surface area contributed by atoms with Gasteiger partial charge in [-0.3, -0.25) is 0 Å². The van der Waals surface area contributed by atoms with Crippen molar-refractivity contribution < 1.29 is 8.78 Å². The molecule has 2 rings (SSSR count). The van der Waals surface area contributed by atoms with Gasteiger partial charge in [0.2, 0.25) is 0 Å². The van der Waals surface area contributed by atoms with Crippen molar-refractivity contribution in [3.8, 4) is 0 Å². The molecule has 0 amide bonds. The van der Waals surface area contributed by atoms with Crippen LogP contribution in [0.3, 0.4) is 0 Å². The van der Waals surface area contributed by atoms with E-state index in [9.17, 15) is 8.78 Å². The van der Waals surface area contributed by atoms with Crippen molar-refractivity contribution in [1.29, 1.82) is 0 Å². The van der Waals surface area contributed by atoms with Gasteiger partial charge in [-0.1, -0.05) is 31.2 Å². The molecule has 0 aromatic heterocycles. The smallest absolute Gasteiger partial charge is 0.159 e. The lowest BCUT2D eigenvalue weighted by molar-refractivity contribution is 0.504. The average molecular weight is 275 g/mol. The van der Waals surface area contributed by atoms with Gasteiger partial charge in [-0.15, -0.1) is 0 Å². The monoisotopic (exact) mass is 275 g/mol. The fourth-order valence-electron chi connectivity index (χ4n) is 2.27. The number of benzene rings is 2. The minimum Gasteiger partial charge on any atom is -0.307 e. The van der Waals surface area contributed by atoms with Crippen molar-refractivity contribution in [1.82, 2.24) is 5.32 Å². The Labute approximate surface area is 118 Å². The zero-order valence-corrected chi connectivity index (χ0v) is 12.0. The Morgan fingerprint density at radius 2 is 1.55 bits per heavy atom. The predicted octanol–water partition coefficient (Wildman–Crippen LogP) is 4.28.